The SMILES string of the molecule is CN(C(=O)c1ccc(/C=C/C(=O)O)c(Cl)c1)C1CCCC1. The van der Waals surface area contributed by atoms with Crippen LogP contribution in [0, 0.1) is 0 Å². The van der Waals surface area contributed by atoms with Gasteiger partial charge in [-0.3, -0.25) is 4.79 Å². The zero-order chi connectivity index (χ0) is 15.4. The summed E-state index contributed by atoms with van der Waals surface area (Å²) in [6.45, 7) is 0. The lowest BCUT2D eigenvalue weighted by atomic mass is 10.1. The first-order valence-electron chi connectivity index (χ1n) is 6.97. The maximum Gasteiger partial charge on any atom is 0.328 e. The van der Waals surface area contributed by atoms with Gasteiger partial charge in [0.15, 0.2) is 0 Å². The van der Waals surface area contributed by atoms with Crippen LogP contribution in [0.5, 0.6) is 0 Å². The van der Waals surface area contributed by atoms with Crippen molar-refractivity contribution in [2.75, 3.05) is 7.05 Å². The molecule has 0 unspecified atom stereocenters. The largest absolute Gasteiger partial charge is 0.478 e. The molecule has 1 amide bonds. The molecule has 0 heterocycles. The summed E-state index contributed by atoms with van der Waals surface area (Å²) in [5.74, 6) is -1.08. The topological polar surface area (TPSA) is 57.6 Å². The second kappa shape index (κ2) is 6.76. The highest BCUT2D eigenvalue weighted by Gasteiger charge is 2.24. The Labute approximate surface area is 129 Å². The molecule has 1 aliphatic rings. The van der Waals surface area contributed by atoms with E-state index >= 15 is 0 Å². The zero-order valence-electron chi connectivity index (χ0n) is 11.9. The lowest BCUT2D eigenvalue weighted by Crippen LogP contribution is -2.35. The molecule has 0 saturated heterocycles. The average Bonchev–Trinajstić information content (AvgIpc) is 2.98. The van der Waals surface area contributed by atoms with E-state index in [1.54, 1.807) is 23.1 Å². The minimum atomic E-state index is -1.04. The molecule has 0 aliphatic heterocycles. The number of rotatable bonds is 4. The molecule has 1 saturated carbocycles. The Morgan fingerprint density at radius 3 is 2.57 bits per heavy atom. The van der Waals surface area contributed by atoms with E-state index in [1.807, 2.05) is 7.05 Å². The van der Waals surface area contributed by atoms with Crippen molar-refractivity contribution in [3.05, 3.63) is 40.4 Å². The van der Waals surface area contributed by atoms with E-state index in [0.717, 1.165) is 18.9 Å². The van der Waals surface area contributed by atoms with E-state index in [-0.39, 0.29) is 5.91 Å². The van der Waals surface area contributed by atoms with Crippen LogP contribution in [0.3, 0.4) is 0 Å². The molecule has 1 N–H and O–H groups in total. The van der Waals surface area contributed by atoms with Crippen LogP contribution in [0.1, 0.15) is 41.6 Å². The zero-order valence-corrected chi connectivity index (χ0v) is 12.6. The van der Waals surface area contributed by atoms with Crippen LogP contribution in [-0.2, 0) is 4.79 Å². The number of benzene rings is 1. The Morgan fingerprint density at radius 1 is 1.33 bits per heavy atom. The molecule has 0 atom stereocenters. The molecule has 4 nitrogen and oxygen atoms in total. The lowest BCUT2D eigenvalue weighted by Gasteiger charge is -2.24. The summed E-state index contributed by atoms with van der Waals surface area (Å²) in [6.07, 6.45) is 6.88. The maximum atomic E-state index is 12.4. The molecule has 1 aromatic carbocycles. The Balaban J connectivity index is 2.15. The van der Waals surface area contributed by atoms with E-state index in [1.165, 1.54) is 18.9 Å². The fraction of sp³-hybridized carbons (Fsp3) is 0.375. The van der Waals surface area contributed by atoms with Crippen LogP contribution >= 0.6 is 11.6 Å². The van der Waals surface area contributed by atoms with Crippen molar-refractivity contribution in [2.45, 2.75) is 31.7 Å². The first-order valence-corrected chi connectivity index (χ1v) is 7.34. The van der Waals surface area contributed by atoms with Crippen LogP contribution in [0.25, 0.3) is 6.08 Å². The molecule has 112 valence electrons. The summed E-state index contributed by atoms with van der Waals surface area (Å²) >= 11 is 6.11. The van der Waals surface area contributed by atoms with E-state index in [9.17, 15) is 9.59 Å². The number of carbonyl (C=O) groups excluding carboxylic acids is 1. The van der Waals surface area contributed by atoms with Crippen LogP contribution in [0.2, 0.25) is 5.02 Å². The summed E-state index contributed by atoms with van der Waals surface area (Å²) in [6, 6.07) is 5.25. The van der Waals surface area contributed by atoms with Gasteiger partial charge in [-0.2, -0.15) is 0 Å². The summed E-state index contributed by atoms with van der Waals surface area (Å²) in [5, 5.41) is 8.99. The summed E-state index contributed by atoms with van der Waals surface area (Å²) in [7, 11) is 1.82. The maximum absolute atomic E-state index is 12.4. The van der Waals surface area contributed by atoms with Crippen molar-refractivity contribution in [3.63, 3.8) is 0 Å². The van der Waals surface area contributed by atoms with Gasteiger partial charge >= 0.3 is 5.97 Å². The second-order valence-corrected chi connectivity index (χ2v) is 5.67. The van der Waals surface area contributed by atoms with Crippen molar-refractivity contribution < 1.29 is 14.7 Å². The number of hydrogen-bond acceptors (Lipinski definition) is 2. The van der Waals surface area contributed by atoms with E-state index < -0.39 is 5.97 Å². The van der Waals surface area contributed by atoms with Crippen molar-refractivity contribution in [2.24, 2.45) is 0 Å². The highest BCUT2D eigenvalue weighted by atomic mass is 35.5. The van der Waals surface area contributed by atoms with Crippen LogP contribution < -0.4 is 0 Å². The van der Waals surface area contributed by atoms with Gasteiger partial charge in [-0.05, 0) is 36.6 Å². The van der Waals surface area contributed by atoms with E-state index in [2.05, 4.69) is 0 Å². The Kier molecular flexibility index (Phi) is 5.02. The van der Waals surface area contributed by atoms with Gasteiger partial charge in [-0.25, -0.2) is 4.79 Å². The fourth-order valence-corrected chi connectivity index (χ4v) is 2.86. The highest BCUT2D eigenvalue weighted by molar-refractivity contribution is 6.32. The highest BCUT2D eigenvalue weighted by Crippen LogP contribution is 2.25. The van der Waals surface area contributed by atoms with Gasteiger partial charge in [0.25, 0.3) is 5.91 Å². The lowest BCUT2D eigenvalue weighted by molar-refractivity contribution is -0.131. The van der Waals surface area contributed by atoms with Gasteiger partial charge in [-0.1, -0.05) is 30.5 Å². The number of halogens is 1. The van der Waals surface area contributed by atoms with Crippen molar-refractivity contribution >= 4 is 29.6 Å². The number of carboxylic acid groups (broad SMARTS) is 1. The minimum absolute atomic E-state index is 0.0439. The van der Waals surface area contributed by atoms with Gasteiger partial charge in [0.05, 0.1) is 0 Å². The summed E-state index contributed by atoms with van der Waals surface area (Å²) in [5.41, 5.74) is 1.11. The molecule has 0 bridgehead atoms. The van der Waals surface area contributed by atoms with Gasteiger partial charge in [0.2, 0.25) is 0 Å². The molecule has 0 aromatic heterocycles. The normalized spacial score (nSPS) is 15.5. The van der Waals surface area contributed by atoms with Gasteiger partial charge < -0.3 is 10.0 Å². The summed E-state index contributed by atoms with van der Waals surface area (Å²) < 4.78 is 0. The second-order valence-electron chi connectivity index (χ2n) is 5.26. The third kappa shape index (κ3) is 3.85. The third-order valence-electron chi connectivity index (χ3n) is 3.85. The molecule has 0 spiro atoms. The molecule has 5 heteroatoms. The Morgan fingerprint density at radius 2 is 2.00 bits per heavy atom. The standard InChI is InChI=1S/C16H18ClNO3/c1-18(13-4-2-3-5-13)16(21)12-7-6-11(14(17)10-12)8-9-15(19)20/h6-10,13H,2-5H2,1H3,(H,19,20)/b9-8+. The smallest absolute Gasteiger partial charge is 0.328 e. The molecule has 1 fully saturated rings. The number of aliphatic carboxylic acids is 1. The molecular formula is C16H18ClNO3. The van der Waals surface area contributed by atoms with Crippen LogP contribution in [-0.4, -0.2) is 35.0 Å². The van der Waals surface area contributed by atoms with Crippen molar-refractivity contribution in [1.82, 2.24) is 4.90 Å². The number of amides is 1. The first kappa shape index (κ1) is 15.6. The number of hydrogen-bond donors (Lipinski definition) is 1. The third-order valence-corrected chi connectivity index (χ3v) is 4.17. The first-order chi connectivity index (χ1) is 9.99. The predicted molar refractivity (Wildman–Crippen MR) is 82.5 cm³/mol. The minimum Gasteiger partial charge on any atom is -0.478 e. The molecule has 1 aliphatic carbocycles. The molecule has 2 rings (SSSR count). The van der Waals surface area contributed by atoms with Gasteiger partial charge in [0, 0.05) is 29.8 Å². The average molecular weight is 308 g/mol. The quantitative estimate of drug-likeness (QED) is 0.867. The van der Waals surface area contributed by atoms with Gasteiger partial charge in [-0.15, -0.1) is 0 Å². The van der Waals surface area contributed by atoms with Crippen LogP contribution in [0.4, 0.5) is 0 Å². The predicted octanol–water partition coefficient (Wildman–Crippen LogP) is 3.45. The van der Waals surface area contributed by atoms with E-state index in [4.69, 9.17) is 16.7 Å². The Bertz CT molecular complexity index is 577. The van der Waals surface area contributed by atoms with Crippen molar-refractivity contribution in [1.29, 1.82) is 0 Å². The number of carbonyl (C=O) groups is 2. The van der Waals surface area contributed by atoms with E-state index in [0.29, 0.717) is 22.2 Å². The fourth-order valence-electron chi connectivity index (χ4n) is 2.62. The van der Waals surface area contributed by atoms with Crippen molar-refractivity contribution in [3.8, 4) is 0 Å². The monoisotopic (exact) mass is 307 g/mol. The number of carboxylic acids is 1. The molecule has 1 aromatic rings. The van der Waals surface area contributed by atoms with Crippen LogP contribution in [0.15, 0.2) is 24.3 Å². The molecular weight excluding hydrogens is 290 g/mol. The molecule has 21 heavy (non-hydrogen) atoms. The summed E-state index contributed by atoms with van der Waals surface area (Å²) in [4.78, 5) is 24.7. The number of nitrogens with zero attached hydrogens (tertiary/aromatic N) is 1. The molecule has 0 radical (unpaired) electrons. The Hall–Kier alpha value is -1.81. The van der Waals surface area contributed by atoms with Gasteiger partial charge in [0.1, 0.15) is 0 Å².